The molecule has 108 valence electrons. The van der Waals surface area contributed by atoms with E-state index in [0.717, 1.165) is 6.04 Å². The van der Waals surface area contributed by atoms with Gasteiger partial charge in [0.05, 0.1) is 0 Å². The summed E-state index contributed by atoms with van der Waals surface area (Å²) in [5.41, 5.74) is 0. The van der Waals surface area contributed by atoms with Crippen molar-refractivity contribution in [3.8, 4) is 0 Å². The predicted octanol–water partition coefficient (Wildman–Crippen LogP) is 1.61. The largest absolute Gasteiger partial charge is 0.336 e. The molecule has 1 aliphatic heterocycles. The van der Waals surface area contributed by atoms with Crippen molar-refractivity contribution in [3.63, 3.8) is 0 Å². The SMILES string of the molecule is O=C(NCC1CCCCN1C1CC1)Nc1ncccn1. The van der Waals surface area contributed by atoms with Crippen LogP contribution >= 0.6 is 0 Å². The molecule has 2 N–H and O–H groups in total. The molecule has 0 aromatic carbocycles. The number of anilines is 1. The van der Waals surface area contributed by atoms with Crippen LogP contribution in [0.1, 0.15) is 32.1 Å². The van der Waals surface area contributed by atoms with Crippen LogP contribution in [0.15, 0.2) is 18.5 Å². The Kier molecular flexibility index (Phi) is 4.11. The van der Waals surface area contributed by atoms with Crippen LogP contribution in [0.3, 0.4) is 0 Å². The molecule has 2 amide bonds. The fraction of sp³-hybridized carbons (Fsp3) is 0.643. The van der Waals surface area contributed by atoms with Gasteiger partial charge in [0.25, 0.3) is 0 Å². The van der Waals surface area contributed by atoms with Crippen molar-refractivity contribution in [3.05, 3.63) is 18.5 Å². The number of piperidine rings is 1. The first-order valence-corrected chi connectivity index (χ1v) is 7.40. The van der Waals surface area contributed by atoms with Crippen LogP contribution in [0, 0.1) is 0 Å². The van der Waals surface area contributed by atoms with Crippen LogP contribution in [0.2, 0.25) is 0 Å². The highest BCUT2D eigenvalue weighted by molar-refractivity contribution is 5.87. The Morgan fingerprint density at radius 2 is 2.05 bits per heavy atom. The quantitative estimate of drug-likeness (QED) is 0.876. The molecule has 2 heterocycles. The Morgan fingerprint density at radius 1 is 1.25 bits per heavy atom. The Morgan fingerprint density at radius 3 is 2.80 bits per heavy atom. The van der Waals surface area contributed by atoms with E-state index in [-0.39, 0.29) is 6.03 Å². The van der Waals surface area contributed by atoms with Crippen molar-refractivity contribution in [2.75, 3.05) is 18.4 Å². The van der Waals surface area contributed by atoms with Crippen molar-refractivity contribution in [1.29, 1.82) is 0 Å². The molecule has 0 bridgehead atoms. The Hall–Kier alpha value is -1.69. The summed E-state index contributed by atoms with van der Waals surface area (Å²) in [6, 6.07) is 2.75. The minimum Gasteiger partial charge on any atom is -0.336 e. The van der Waals surface area contributed by atoms with Gasteiger partial charge in [-0.05, 0) is 38.3 Å². The maximum atomic E-state index is 11.8. The summed E-state index contributed by atoms with van der Waals surface area (Å²) in [6.07, 6.45) is 9.59. The molecule has 20 heavy (non-hydrogen) atoms. The monoisotopic (exact) mass is 275 g/mol. The van der Waals surface area contributed by atoms with Gasteiger partial charge < -0.3 is 5.32 Å². The predicted molar refractivity (Wildman–Crippen MR) is 76.4 cm³/mol. The highest BCUT2D eigenvalue weighted by atomic mass is 16.2. The van der Waals surface area contributed by atoms with Gasteiger partial charge in [0.2, 0.25) is 5.95 Å². The third kappa shape index (κ3) is 3.45. The first-order valence-electron chi connectivity index (χ1n) is 7.40. The van der Waals surface area contributed by atoms with Crippen molar-refractivity contribution in [1.82, 2.24) is 20.2 Å². The lowest BCUT2D eigenvalue weighted by Gasteiger charge is -2.35. The fourth-order valence-electron chi connectivity index (χ4n) is 2.85. The molecule has 1 aliphatic carbocycles. The molecular weight excluding hydrogens is 254 g/mol. The minimum absolute atomic E-state index is 0.225. The van der Waals surface area contributed by atoms with Crippen LogP contribution in [0.4, 0.5) is 10.7 Å². The second-order valence-electron chi connectivity index (χ2n) is 5.53. The highest BCUT2D eigenvalue weighted by Crippen LogP contribution is 2.32. The lowest BCUT2D eigenvalue weighted by atomic mass is 10.0. The summed E-state index contributed by atoms with van der Waals surface area (Å²) in [4.78, 5) is 22.3. The van der Waals surface area contributed by atoms with Gasteiger partial charge in [0.15, 0.2) is 0 Å². The van der Waals surface area contributed by atoms with E-state index >= 15 is 0 Å². The van der Waals surface area contributed by atoms with E-state index in [9.17, 15) is 4.79 Å². The van der Waals surface area contributed by atoms with Gasteiger partial charge in [0.1, 0.15) is 0 Å². The molecule has 1 aromatic rings. The van der Waals surface area contributed by atoms with Gasteiger partial charge in [-0.3, -0.25) is 10.2 Å². The first-order chi connectivity index (χ1) is 9.83. The fourth-order valence-corrected chi connectivity index (χ4v) is 2.85. The molecule has 1 saturated heterocycles. The minimum atomic E-state index is -0.225. The van der Waals surface area contributed by atoms with Crippen molar-refractivity contribution in [2.24, 2.45) is 0 Å². The van der Waals surface area contributed by atoms with Gasteiger partial charge in [-0.1, -0.05) is 6.42 Å². The molecule has 1 atom stereocenters. The molecule has 3 rings (SSSR count). The zero-order valence-electron chi connectivity index (χ0n) is 11.6. The number of amides is 2. The smallest absolute Gasteiger partial charge is 0.321 e. The van der Waals surface area contributed by atoms with Crippen LogP contribution in [-0.2, 0) is 0 Å². The van der Waals surface area contributed by atoms with Gasteiger partial charge in [0, 0.05) is 31.0 Å². The van der Waals surface area contributed by atoms with Gasteiger partial charge >= 0.3 is 6.03 Å². The molecular formula is C14H21N5O. The number of rotatable bonds is 4. The number of aromatic nitrogens is 2. The molecule has 1 saturated carbocycles. The molecule has 0 radical (unpaired) electrons. The van der Waals surface area contributed by atoms with Crippen molar-refractivity contribution in [2.45, 2.75) is 44.2 Å². The van der Waals surface area contributed by atoms with E-state index < -0.39 is 0 Å². The zero-order chi connectivity index (χ0) is 13.8. The normalized spacial score (nSPS) is 23.3. The van der Waals surface area contributed by atoms with Crippen LogP contribution in [-0.4, -0.2) is 46.1 Å². The molecule has 0 spiro atoms. The molecule has 1 unspecified atom stereocenters. The summed E-state index contributed by atoms with van der Waals surface area (Å²) in [7, 11) is 0. The average Bonchev–Trinajstić information content (AvgIpc) is 3.31. The average molecular weight is 275 g/mol. The number of nitrogens with one attached hydrogen (secondary N) is 2. The van der Waals surface area contributed by atoms with Gasteiger partial charge in [-0.2, -0.15) is 0 Å². The standard InChI is InChI=1S/C14H21N5O/c20-14(18-13-15-7-3-8-16-13)17-10-12-4-1-2-9-19(12)11-5-6-11/h3,7-8,11-12H,1-2,4-6,9-10H2,(H2,15,16,17,18,20). The Balaban J connectivity index is 1.47. The number of nitrogens with zero attached hydrogens (tertiary/aromatic N) is 3. The van der Waals surface area contributed by atoms with E-state index in [1.807, 2.05) is 0 Å². The highest BCUT2D eigenvalue weighted by Gasteiger charge is 2.35. The first kappa shape index (κ1) is 13.3. The Bertz CT molecular complexity index is 448. The topological polar surface area (TPSA) is 70.2 Å². The number of hydrogen-bond acceptors (Lipinski definition) is 4. The van der Waals surface area contributed by atoms with Crippen LogP contribution in [0.5, 0.6) is 0 Å². The summed E-state index contributed by atoms with van der Waals surface area (Å²) in [5, 5.41) is 5.59. The lowest BCUT2D eigenvalue weighted by molar-refractivity contribution is 0.138. The second-order valence-corrected chi connectivity index (χ2v) is 5.53. The molecule has 6 nitrogen and oxygen atoms in total. The summed E-state index contributed by atoms with van der Waals surface area (Å²) in [6.45, 7) is 1.88. The number of likely N-dealkylation sites (tertiary alicyclic amines) is 1. The second kappa shape index (κ2) is 6.17. The number of urea groups is 1. The summed E-state index contributed by atoms with van der Waals surface area (Å²) < 4.78 is 0. The number of carbonyl (C=O) groups excluding carboxylic acids is 1. The van der Waals surface area contributed by atoms with Crippen LogP contribution < -0.4 is 10.6 Å². The van der Waals surface area contributed by atoms with E-state index in [0.29, 0.717) is 18.5 Å². The molecule has 2 aliphatic rings. The maximum absolute atomic E-state index is 11.8. The third-order valence-electron chi connectivity index (χ3n) is 3.98. The lowest BCUT2D eigenvalue weighted by Crippen LogP contribution is -2.48. The van der Waals surface area contributed by atoms with Crippen LogP contribution in [0.25, 0.3) is 0 Å². The van der Waals surface area contributed by atoms with E-state index in [1.54, 1.807) is 18.5 Å². The molecule has 6 heteroatoms. The van der Waals surface area contributed by atoms with Gasteiger partial charge in [-0.15, -0.1) is 0 Å². The van der Waals surface area contributed by atoms with E-state index in [4.69, 9.17) is 0 Å². The molecule has 1 aromatic heterocycles. The number of carbonyl (C=O) groups is 1. The summed E-state index contributed by atoms with van der Waals surface area (Å²) in [5.74, 6) is 0.340. The van der Waals surface area contributed by atoms with Crippen molar-refractivity contribution < 1.29 is 4.79 Å². The maximum Gasteiger partial charge on any atom is 0.321 e. The van der Waals surface area contributed by atoms with E-state index in [1.165, 1.54) is 38.6 Å². The Labute approximate surface area is 119 Å². The summed E-state index contributed by atoms with van der Waals surface area (Å²) >= 11 is 0. The number of hydrogen-bond donors (Lipinski definition) is 2. The molecule has 2 fully saturated rings. The van der Waals surface area contributed by atoms with Gasteiger partial charge in [-0.25, -0.2) is 14.8 Å². The van der Waals surface area contributed by atoms with Crippen molar-refractivity contribution >= 4 is 12.0 Å². The zero-order valence-corrected chi connectivity index (χ0v) is 11.6. The van der Waals surface area contributed by atoms with E-state index in [2.05, 4.69) is 25.5 Å². The third-order valence-corrected chi connectivity index (χ3v) is 3.98.